The van der Waals surface area contributed by atoms with Crippen molar-refractivity contribution in [3.63, 3.8) is 0 Å². The van der Waals surface area contributed by atoms with Crippen LogP contribution in [-0.4, -0.2) is 38.4 Å². The van der Waals surface area contributed by atoms with E-state index >= 15 is 0 Å². The number of amides is 1. The normalized spacial score (nSPS) is 10.7. The van der Waals surface area contributed by atoms with Crippen LogP contribution in [0.5, 0.6) is 23.0 Å². The van der Waals surface area contributed by atoms with Crippen molar-refractivity contribution in [2.45, 2.75) is 33.1 Å². The van der Waals surface area contributed by atoms with Crippen LogP contribution in [0, 0.1) is 0 Å². The minimum Gasteiger partial charge on any atom is -0.497 e. The van der Waals surface area contributed by atoms with Crippen LogP contribution >= 0.6 is 0 Å². The molecule has 3 aromatic rings. The van der Waals surface area contributed by atoms with Gasteiger partial charge in [-0.25, -0.2) is 10.2 Å². The first-order chi connectivity index (χ1) is 18.0. The number of esters is 1. The topological polar surface area (TPSA) is 95.5 Å². The van der Waals surface area contributed by atoms with Crippen molar-refractivity contribution in [2.24, 2.45) is 5.10 Å². The minimum absolute atomic E-state index is 0.157. The number of rotatable bonds is 13. The van der Waals surface area contributed by atoms with Crippen molar-refractivity contribution in [3.05, 3.63) is 83.4 Å². The molecule has 0 bridgehead atoms. The molecule has 0 radical (unpaired) electrons. The van der Waals surface area contributed by atoms with E-state index in [0.717, 1.165) is 19.3 Å². The summed E-state index contributed by atoms with van der Waals surface area (Å²) in [7, 11) is 1.56. The monoisotopic (exact) mass is 504 g/mol. The number of benzene rings is 3. The standard InChI is InChI=1S/C29H32N2O6/c1-4-6-7-21-8-13-25(14-9-21)36-20-28(32)31-30-19-22-10-17-26(27(18-22)35-5-2)37-29(33)23-11-15-24(34-3)16-12-23/h8-19H,4-7,20H2,1-3H3,(H,31,32)/b30-19-. The van der Waals surface area contributed by atoms with Gasteiger partial charge in [-0.3, -0.25) is 4.79 Å². The van der Waals surface area contributed by atoms with Gasteiger partial charge < -0.3 is 18.9 Å². The molecular weight excluding hydrogens is 472 g/mol. The second-order valence-corrected chi connectivity index (χ2v) is 8.09. The van der Waals surface area contributed by atoms with E-state index in [9.17, 15) is 9.59 Å². The van der Waals surface area contributed by atoms with Crippen molar-refractivity contribution >= 4 is 18.1 Å². The predicted molar refractivity (Wildman–Crippen MR) is 142 cm³/mol. The van der Waals surface area contributed by atoms with Gasteiger partial charge in [-0.1, -0.05) is 25.5 Å². The van der Waals surface area contributed by atoms with Crippen molar-refractivity contribution in [1.82, 2.24) is 5.43 Å². The number of methoxy groups -OCH3 is 1. The molecule has 0 saturated carbocycles. The number of carbonyl (C=O) groups is 2. The lowest BCUT2D eigenvalue weighted by Crippen LogP contribution is -2.24. The molecule has 194 valence electrons. The van der Waals surface area contributed by atoms with Crippen LogP contribution in [0.15, 0.2) is 71.8 Å². The van der Waals surface area contributed by atoms with Gasteiger partial charge in [0.05, 0.1) is 25.5 Å². The molecule has 0 aromatic heterocycles. The van der Waals surface area contributed by atoms with E-state index in [2.05, 4.69) is 17.5 Å². The largest absolute Gasteiger partial charge is 0.497 e. The van der Waals surface area contributed by atoms with Crippen LogP contribution in [0.4, 0.5) is 0 Å². The summed E-state index contributed by atoms with van der Waals surface area (Å²) in [5.74, 6) is 1.02. The average Bonchev–Trinajstić information content (AvgIpc) is 2.92. The maximum atomic E-state index is 12.5. The Morgan fingerprint density at radius 2 is 1.62 bits per heavy atom. The molecule has 3 rings (SSSR count). The fourth-order valence-corrected chi connectivity index (χ4v) is 3.34. The molecule has 0 aliphatic rings. The van der Waals surface area contributed by atoms with Crippen LogP contribution in [0.25, 0.3) is 0 Å². The Balaban J connectivity index is 1.53. The van der Waals surface area contributed by atoms with E-state index in [4.69, 9.17) is 18.9 Å². The lowest BCUT2D eigenvalue weighted by Gasteiger charge is -2.11. The number of unbranched alkanes of at least 4 members (excludes halogenated alkanes) is 1. The lowest BCUT2D eigenvalue weighted by molar-refractivity contribution is -0.123. The third-order valence-corrected chi connectivity index (χ3v) is 5.31. The summed E-state index contributed by atoms with van der Waals surface area (Å²) in [6.07, 6.45) is 4.79. The van der Waals surface area contributed by atoms with Crippen molar-refractivity contribution in [3.8, 4) is 23.0 Å². The fraction of sp³-hybridized carbons (Fsp3) is 0.276. The zero-order valence-corrected chi connectivity index (χ0v) is 21.4. The first-order valence-electron chi connectivity index (χ1n) is 12.2. The summed E-state index contributed by atoms with van der Waals surface area (Å²) in [5, 5.41) is 3.98. The summed E-state index contributed by atoms with van der Waals surface area (Å²) in [5.41, 5.74) is 4.72. The first-order valence-corrected chi connectivity index (χ1v) is 12.2. The summed E-state index contributed by atoms with van der Waals surface area (Å²) in [4.78, 5) is 24.6. The lowest BCUT2D eigenvalue weighted by atomic mass is 10.1. The SMILES string of the molecule is CCCCc1ccc(OCC(=O)N/N=C\c2ccc(OC(=O)c3ccc(OC)cc3)c(OCC)c2)cc1. The van der Waals surface area contributed by atoms with Crippen LogP contribution in [0.1, 0.15) is 48.2 Å². The Kier molecular flexibility index (Phi) is 10.5. The molecule has 0 fully saturated rings. The highest BCUT2D eigenvalue weighted by Crippen LogP contribution is 2.29. The molecule has 0 aliphatic carbocycles. The van der Waals surface area contributed by atoms with Crippen LogP contribution in [0.3, 0.4) is 0 Å². The number of aryl methyl sites for hydroxylation is 1. The molecule has 0 atom stereocenters. The number of ether oxygens (including phenoxy) is 4. The molecule has 0 heterocycles. The molecule has 0 aliphatic heterocycles. The number of hydrazone groups is 1. The highest BCUT2D eigenvalue weighted by Gasteiger charge is 2.13. The fourth-order valence-electron chi connectivity index (χ4n) is 3.34. The smallest absolute Gasteiger partial charge is 0.343 e. The second-order valence-electron chi connectivity index (χ2n) is 8.09. The zero-order valence-electron chi connectivity index (χ0n) is 21.4. The maximum absolute atomic E-state index is 12.5. The van der Waals surface area contributed by atoms with E-state index in [0.29, 0.717) is 35.0 Å². The van der Waals surface area contributed by atoms with Gasteiger partial charge in [0.2, 0.25) is 0 Å². The third kappa shape index (κ3) is 8.68. The van der Waals surface area contributed by atoms with Crippen molar-refractivity contribution in [1.29, 1.82) is 0 Å². The second kappa shape index (κ2) is 14.3. The van der Waals surface area contributed by atoms with E-state index in [1.54, 1.807) is 49.6 Å². The molecule has 8 heteroatoms. The first kappa shape index (κ1) is 27.3. The van der Waals surface area contributed by atoms with Crippen LogP contribution < -0.4 is 24.4 Å². The maximum Gasteiger partial charge on any atom is 0.343 e. The molecule has 37 heavy (non-hydrogen) atoms. The Labute approximate surface area is 217 Å². The molecule has 0 spiro atoms. The highest BCUT2D eigenvalue weighted by molar-refractivity contribution is 5.92. The molecule has 0 saturated heterocycles. The zero-order chi connectivity index (χ0) is 26.5. The van der Waals surface area contributed by atoms with E-state index < -0.39 is 5.97 Å². The van der Waals surface area contributed by atoms with Gasteiger partial charge in [-0.2, -0.15) is 5.10 Å². The molecule has 1 amide bonds. The Morgan fingerprint density at radius 3 is 2.30 bits per heavy atom. The number of carbonyl (C=O) groups excluding carboxylic acids is 2. The quantitative estimate of drug-likeness (QED) is 0.149. The molecule has 1 N–H and O–H groups in total. The van der Waals surface area contributed by atoms with Crippen LogP contribution in [0.2, 0.25) is 0 Å². The average molecular weight is 505 g/mol. The van der Waals surface area contributed by atoms with Gasteiger partial charge in [-0.05, 0) is 85.5 Å². The van der Waals surface area contributed by atoms with Gasteiger partial charge in [0.1, 0.15) is 11.5 Å². The highest BCUT2D eigenvalue weighted by atomic mass is 16.6. The van der Waals surface area contributed by atoms with E-state index in [-0.39, 0.29) is 18.3 Å². The summed E-state index contributed by atoms with van der Waals surface area (Å²) in [6.45, 7) is 4.21. The van der Waals surface area contributed by atoms with Crippen LogP contribution in [-0.2, 0) is 11.2 Å². The van der Waals surface area contributed by atoms with E-state index in [1.807, 2.05) is 31.2 Å². The number of nitrogens with one attached hydrogen (secondary N) is 1. The number of hydrogen-bond acceptors (Lipinski definition) is 7. The summed E-state index contributed by atoms with van der Waals surface area (Å²) >= 11 is 0. The van der Waals surface area contributed by atoms with Gasteiger partial charge in [0.25, 0.3) is 5.91 Å². The van der Waals surface area contributed by atoms with Gasteiger partial charge >= 0.3 is 5.97 Å². The Hall–Kier alpha value is -4.33. The molecule has 3 aromatic carbocycles. The molecular formula is C29H32N2O6. The van der Waals surface area contributed by atoms with Crippen molar-refractivity contribution in [2.75, 3.05) is 20.3 Å². The van der Waals surface area contributed by atoms with Gasteiger partial charge in [-0.15, -0.1) is 0 Å². The van der Waals surface area contributed by atoms with Gasteiger partial charge in [0.15, 0.2) is 18.1 Å². The third-order valence-electron chi connectivity index (χ3n) is 5.31. The Morgan fingerprint density at radius 1 is 0.892 bits per heavy atom. The van der Waals surface area contributed by atoms with Gasteiger partial charge in [0, 0.05) is 0 Å². The number of hydrogen-bond donors (Lipinski definition) is 1. The molecule has 0 unspecified atom stereocenters. The predicted octanol–water partition coefficient (Wildman–Crippen LogP) is 5.18. The Bertz CT molecular complexity index is 1190. The number of nitrogens with zero attached hydrogens (tertiary/aromatic N) is 1. The van der Waals surface area contributed by atoms with E-state index in [1.165, 1.54) is 11.8 Å². The molecule has 8 nitrogen and oxygen atoms in total. The summed E-state index contributed by atoms with van der Waals surface area (Å²) < 4.78 is 21.8. The van der Waals surface area contributed by atoms with Crippen molar-refractivity contribution < 1.29 is 28.5 Å². The minimum atomic E-state index is -0.520. The summed E-state index contributed by atoms with van der Waals surface area (Å²) in [6, 6.07) is 19.3.